The van der Waals surface area contributed by atoms with Crippen LogP contribution in [0.1, 0.15) is 104 Å². The summed E-state index contributed by atoms with van der Waals surface area (Å²) in [6.07, 6.45) is 23.6. The fourth-order valence-corrected chi connectivity index (χ4v) is 21.0. The summed E-state index contributed by atoms with van der Waals surface area (Å²) >= 11 is -2.54. The Labute approximate surface area is 475 Å². The largest absolute Gasteiger partial charge is 1.00 e. The molecule has 71 heavy (non-hydrogen) atoms. The summed E-state index contributed by atoms with van der Waals surface area (Å²) in [5, 5.41) is 5.36. The van der Waals surface area contributed by atoms with Crippen LogP contribution < -0.4 is 90.9 Å². The zero-order valence-electron chi connectivity index (χ0n) is 40.3. The molecular formula is C55H64Na2O8P3S3-. The van der Waals surface area contributed by atoms with Crippen molar-refractivity contribution < 1.29 is 93.8 Å². The number of hydrogen-bond donors (Lipinski definition) is 0. The van der Waals surface area contributed by atoms with Crippen molar-refractivity contribution in [2.45, 2.75) is 135 Å². The van der Waals surface area contributed by atoms with Crippen molar-refractivity contribution in [3.63, 3.8) is 0 Å². The van der Waals surface area contributed by atoms with Gasteiger partial charge in [-0.1, -0.05) is 201 Å². The molecule has 368 valence electrons. The SMILES string of the molecule is C.C1CCC(P(C2CCCCC2)C2CCCCC2)CC1.O=S([O-])c1cccc(P(c2cccc(S(=O)(=O)[O-])c2)c2cccc(S(=O)(=O)[O-])c2)c1.[Na+].[Na+].c1ccc(P(c2ccccc2)c2ccccc2)cc1. The number of benzene rings is 6. The molecule has 0 saturated heterocycles. The van der Waals surface area contributed by atoms with Gasteiger partial charge < -0.3 is 13.7 Å². The first-order chi connectivity index (χ1) is 32.9. The molecule has 0 heterocycles. The molecule has 6 aromatic carbocycles. The van der Waals surface area contributed by atoms with E-state index in [-0.39, 0.29) is 71.4 Å². The Morgan fingerprint density at radius 3 is 0.986 bits per heavy atom. The van der Waals surface area contributed by atoms with Crippen LogP contribution in [0.25, 0.3) is 0 Å². The maximum Gasteiger partial charge on any atom is 1.00 e. The van der Waals surface area contributed by atoms with Gasteiger partial charge in [-0.3, -0.25) is 4.21 Å². The Bertz CT molecular complexity index is 2550. The zero-order valence-corrected chi connectivity index (χ0v) is 49.4. The van der Waals surface area contributed by atoms with Gasteiger partial charge in [0.2, 0.25) is 0 Å². The molecule has 8 nitrogen and oxygen atoms in total. The van der Waals surface area contributed by atoms with Crippen molar-refractivity contribution in [2.24, 2.45) is 0 Å². The molecule has 16 heteroatoms. The summed E-state index contributed by atoms with van der Waals surface area (Å²) in [5.41, 5.74) is 3.57. The molecule has 0 radical (unpaired) electrons. The van der Waals surface area contributed by atoms with Gasteiger partial charge in [-0.2, -0.15) is 0 Å². The predicted molar refractivity (Wildman–Crippen MR) is 288 cm³/mol. The van der Waals surface area contributed by atoms with E-state index >= 15 is 0 Å². The van der Waals surface area contributed by atoms with Gasteiger partial charge in [0, 0.05) is 4.90 Å². The van der Waals surface area contributed by atoms with Crippen molar-refractivity contribution in [1.82, 2.24) is 0 Å². The molecule has 0 amide bonds. The maximum atomic E-state index is 11.5. The molecule has 3 aliphatic rings. The van der Waals surface area contributed by atoms with E-state index in [0.29, 0.717) is 23.8 Å². The molecule has 0 bridgehead atoms. The molecule has 9 rings (SSSR count). The summed E-state index contributed by atoms with van der Waals surface area (Å²) in [7, 11) is -11.3. The molecular weight excluding hydrogens is 1020 g/mol. The van der Waals surface area contributed by atoms with Gasteiger partial charge >= 0.3 is 59.1 Å². The van der Waals surface area contributed by atoms with Gasteiger partial charge in [-0.15, -0.1) is 0 Å². The van der Waals surface area contributed by atoms with Gasteiger partial charge in [0.1, 0.15) is 20.2 Å². The summed E-state index contributed by atoms with van der Waals surface area (Å²) in [6, 6.07) is 48.5. The third-order valence-electron chi connectivity index (χ3n) is 13.0. The molecule has 0 aliphatic heterocycles. The second kappa shape index (κ2) is 30.9. The van der Waals surface area contributed by atoms with Crippen LogP contribution in [0.3, 0.4) is 0 Å². The van der Waals surface area contributed by atoms with Crippen molar-refractivity contribution in [1.29, 1.82) is 0 Å². The smallest absolute Gasteiger partial charge is 0.768 e. The molecule has 0 N–H and O–H groups in total. The van der Waals surface area contributed by atoms with Crippen LogP contribution in [0.15, 0.2) is 178 Å². The molecule has 6 aromatic rings. The minimum atomic E-state index is -4.76. The van der Waals surface area contributed by atoms with Crippen LogP contribution in [0, 0.1) is 0 Å². The van der Waals surface area contributed by atoms with Gasteiger partial charge in [-0.05, 0) is 151 Å². The van der Waals surface area contributed by atoms with Gasteiger partial charge in [0.25, 0.3) is 0 Å². The maximum absolute atomic E-state index is 11.5. The third kappa shape index (κ3) is 18.4. The van der Waals surface area contributed by atoms with Gasteiger partial charge in [0.05, 0.1) is 9.79 Å². The third-order valence-corrected chi connectivity index (χ3v) is 24.2. The van der Waals surface area contributed by atoms with Gasteiger partial charge in [0.15, 0.2) is 0 Å². The minimum absolute atomic E-state index is 0. The summed E-state index contributed by atoms with van der Waals surface area (Å²) in [6.45, 7) is 0. The van der Waals surface area contributed by atoms with Crippen LogP contribution in [-0.2, 0) is 31.3 Å². The van der Waals surface area contributed by atoms with Crippen LogP contribution in [0.4, 0.5) is 0 Å². The fourth-order valence-electron chi connectivity index (χ4n) is 9.94. The van der Waals surface area contributed by atoms with Gasteiger partial charge in [-0.25, -0.2) is 16.8 Å². The van der Waals surface area contributed by atoms with E-state index in [1.165, 1.54) is 82.5 Å². The van der Waals surface area contributed by atoms with Crippen LogP contribution in [0.5, 0.6) is 0 Å². The molecule has 3 aliphatic carbocycles. The van der Waals surface area contributed by atoms with E-state index in [0.717, 1.165) is 24.3 Å². The van der Waals surface area contributed by atoms with Crippen molar-refractivity contribution in [3.8, 4) is 0 Å². The second-order valence-electron chi connectivity index (χ2n) is 17.6. The van der Waals surface area contributed by atoms with Crippen LogP contribution in [0.2, 0.25) is 0 Å². The Balaban J connectivity index is 0.000000235. The van der Waals surface area contributed by atoms with E-state index in [1.54, 1.807) is 95.2 Å². The van der Waals surface area contributed by atoms with E-state index in [4.69, 9.17) is 0 Å². The Hall–Kier alpha value is -1.46. The first-order valence-corrected chi connectivity index (χ1v) is 31.8. The van der Waals surface area contributed by atoms with Crippen molar-refractivity contribution in [2.75, 3.05) is 0 Å². The standard InChI is InChI=1S/C18H15O8PS3.C18H33P.C18H15P.CH4.2Na/c19-28(20)16-7-1-4-13(10-16)27(14-5-2-8-17(11-14)29(21,22)23)15-6-3-9-18(12-15)30(24,25)26;2*1-4-10-16(11-5-1)19(17-12-6-2-7-13-17)18-14-8-3-9-15-18;;;/h1-12H,(H,19,20)(H,21,22,23)(H,24,25,26);16-18H,1-15H2;1-15H;1H4;;/q;;;;2*+1/p-3. The topological polar surface area (TPSA) is 155 Å². The van der Waals surface area contributed by atoms with E-state index < -0.39 is 57.0 Å². The fraction of sp³-hybridized carbons (Fsp3) is 0.345. The number of rotatable bonds is 12. The van der Waals surface area contributed by atoms with E-state index in [9.17, 15) is 34.7 Å². The molecule has 3 fully saturated rings. The first kappa shape index (κ1) is 62.1. The number of hydrogen-bond acceptors (Lipinski definition) is 8. The van der Waals surface area contributed by atoms with Crippen LogP contribution in [-0.4, -0.2) is 51.7 Å². The average molecular weight is 1090 g/mol. The Morgan fingerprint density at radius 2 is 0.676 bits per heavy atom. The van der Waals surface area contributed by atoms with Crippen LogP contribution >= 0.6 is 23.8 Å². The average Bonchev–Trinajstić information content (AvgIpc) is 3.36. The zero-order chi connectivity index (χ0) is 47.9. The molecule has 0 aromatic heterocycles. The summed E-state index contributed by atoms with van der Waals surface area (Å²) in [4.78, 5) is -0.993. The Morgan fingerprint density at radius 1 is 0.394 bits per heavy atom. The summed E-state index contributed by atoms with van der Waals surface area (Å²) in [5.74, 6) is 0. The molecule has 0 spiro atoms. The predicted octanol–water partition coefficient (Wildman–Crippen LogP) is 5.05. The van der Waals surface area contributed by atoms with Crippen molar-refractivity contribution in [3.05, 3.63) is 164 Å². The monoisotopic (exact) mass is 1090 g/mol. The van der Waals surface area contributed by atoms with E-state index in [1.807, 2.05) is 0 Å². The Kier molecular flexibility index (Phi) is 27.0. The van der Waals surface area contributed by atoms with Crippen molar-refractivity contribution >= 4 is 86.9 Å². The minimum Gasteiger partial charge on any atom is -0.768 e. The summed E-state index contributed by atoms with van der Waals surface area (Å²) < 4.78 is 91.5. The molecule has 1 atom stereocenters. The normalized spacial score (nSPS) is 16.2. The quantitative estimate of drug-likeness (QED) is 0.0715. The molecule has 3 saturated carbocycles. The second-order valence-corrected chi connectivity index (χ2v) is 28.9. The van der Waals surface area contributed by atoms with E-state index in [2.05, 4.69) is 91.0 Å². The molecule has 1 unspecified atom stereocenters. The first-order valence-electron chi connectivity index (χ1n) is 23.7.